The molecule has 0 radical (unpaired) electrons. The van der Waals surface area contributed by atoms with Gasteiger partial charge in [-0.3, -0.25) is 4.68 Å². The summed E-state index contributed by atoms with van der Waals surface area (Å²) >= 11 is 10.1. The van der Waals surface area contributed by atoms with Gasteiger partial charge in [0.15, 0.2) is 10.8 Å². The quantitative estimate of drug-likeness (QED) is 0.226. The Kier molecular flexibility index (Phi) is 7.88. The third-order valence-corrected chi connectivity index (χ3v) is 8.11. The topological polar surface area (TPSA) is 68.2 Å². The smallest absolute Gasteiger partial charge is 0.436 e. The average Bonchev–Trinajstić information content (AvgIpc) is 3.45. The number of carbonyl (C=O) groups excluding carboxylic acids is 1. The van der Waals surface area contributed by atoms with Gasteiger partial charge in [0.1, 0.15) is 5.00 Å². The predicted molar refractivity (Wildman–Crippen MR) is 133 cm³/mol. The molecular formula is C22H26BrF3N4O2S2. The number of halogens is 4. The Labute approximate surface area is 213 Å². The fourth-order valence-electron chi connectivity index (χ4n) is 4.20. The molecule has 2 aromatic rings. The van der Waals surface area contributed by atoms with Gasteiger partial charge in [-0.1, -0.05) is 0 Å². The lowest BCUT2D eigenvalue weighted by molar-refractivity contribution is -0.142. The maximum absolute atomic E-state index is 13.3. The fourth-order valence-corrected chi connectivity index (χ4v) is 6.59. The molecule has 2 aromatic heterocycles. The van der Waals surface area contributed by atoms with Gasteiger partial charge in [-0.15, -0.1) is 11.3 Å². The summed E-state index contributed by atoms with van der Waals surface area (Å²) in [6.07, 6.45) is 1.73. The number of thiocarbonyl (C=S) groups is 1. The van der Waals surface area contributed by atoms with Crippen LogP contribution >= 0.6 is 39.5 Å². The highest BCUT2D eigenvalue weighted by molar-refractivity contribution is 9.10. The molecule has 2 N–H and O–H groups in total. The molecule has 186 valence electrons. The summed E-state index contributed by atoms with van der Waals surface area (Å²) in [7, 11) is 0. The highest BCUT2D eigenvalue weighted by Crippen LogP contribution is 2.47. The number of esters is 1. The molecule has 0 unspecified atom stereocenters. The molecule has 2 aliphatic carbocycles. The van der Waals surface area contributed by atoms with E-state index in [0.717, 1.165) is 44.1 Å². The molecule has 4 rings (SSSR count). The molecule has 0 aliphatic heterocycles. The second kappa shape index (κ2) is 10.5. The highest BCUT2D eigenvalue weighted by Gasteiger charge is 2.41. The van der Waals surface area contributed by atoms with Crippen molar-refractivity contribution in [2.24, 2.45) is 0 Å². The van der Waals surface area contributed by atoms with Crippen LogP contribution in [0, 0.1) is 0 Å². The van der Waals surface area contributed by atoms with Gasteiger partial charge in [0.05, 0.1) is 22.3 Å². The van der Waals surface area contributed by atoms with E-state index in [2.05, 4.69) is 31.7 Å². The van der Waals surface area contributed by atoms with Gasteiger partial charge < -0.3 is 15.4 Å². The number of carbonyl (C=O) groups is 1. The summed E-state index contributed by atoms with van der Waals surface area (Å²) in [5, 5.41) is 11.1. The van der Waals surface area contributed by atoms with Crippen molar-refractivity contribution in [1.82, 2.24) is 15.1 Å². The van der Waals surface area contributed by atoms with Crippen LogP contribution in [0.4, 0.5) is 18.2 Å². The maximum atomic E-state index is 13.3. The van der Waals surface area contributed by atoms with Crippen LogP contribution in [0.25, 0.3) is 0 Å². The van der Waals surface area contributed by atoms with E-state index in [4.69, 9.17) is 17.0 Å². The maximum Gasteiger partial charge on any atom is 0.436 e. The third-order valence-electron chi connectivity index (χ3n) is 5.87. The summed E-state index contributed by atoms with van der Waals surface area (Å²) in [6, 6.07) is 0. The first kappa shape index (κ1) is 25.4. The first-order valence-corrected chi connectivity index (χ1v) is 13.4. The number of fused-ring (bicyclic) bond motifs is 1. The lowest BCUT2D eigenvalue weighted by Gasteiger charge is -2.13. The van der Waals surface area contributed by atoms with E-state index in [0.29, 0.717) is 47.5 Å². The largest absolute Gasteiger partial charge is 0.462 e. The van der Waals surface area contributed by atoms with Gasteiger partial charge >= 0.3 is 12.1 Å². The molecule has 12 heteroatoms. The monoisotopic (exact) mass is 578 g/mol. The number of aryl methyl sites for hydroxylation is 2. The summed E-state index contributed by atoms with van der Waals surface area (Å²) in [5.74, 6) is -0.218. The minimum absolute atomic E-state index is 0.0563. The van der Waals surface area contributed by atoms with E-state index in [-0.39, 0.29) is 16.4 Å². The van der Waals surface area contributed by atoms with Crippen LogP contribution in [0.5, 0.6) is 0 Å². The number of rotatable bonds is 8. The van der Waals surface area contributed by atoms with E-state index >= 15 is 0 Å². The van der Waals surface area contributed by atoms with E-state index in [1.54, 1.807) is 6.92 Å². The van der Waals surface area contributed by atoms with E-state index < -0.39 is 11.9 Å². The van der Waals surface area contributed by atoms with Crippen molar-refractivity contribution in [3.8, 4) is 0 Å². The zero-order chi connectivity index (χ0) is 24.5. The number of hydrogen-bond acceptors (Lipinski definition) is 5. The number of anilines is 1. The van der Waals surface area contributed by atoms with Crippen LogP contribution in [-0.4, -0.2) is 34.0 Å². The molecule has 0 saturated heterocycles. The second-order valence-corrected chi connectivity index (χ2v) is 10.7. The van der Waals surface area contributed by atoms with Crippen molar-refractivity contribution >= 4 is 55.6 Å². The Balaban J connectivity index is 1.36. The molecule has 2 heterocycles. The highest BCUT2D eigenvalue weighted by atomic mass is 79.9. The van der Waals surface area contributed by atoms with Crippen LogP contribution < -0.4 is 10.6 Å². The first-order valence-electron chi connectivity index (χ1n) is 11.4. The van der Waals surface area contributed by atoms with Crippen molar-refractivity contribution in [3.63, 3.8) is 0 Å². The number of hydrogen-bond donors (Lipinski definition) is 2. The molecule has 0 aromatic carbocycles. The van der Waals surface area contributed by atoms with E-state index in [1.165, 1.54) is 20.9 Å². The lowest BCUT2D eigenvalue weighted by atomic mass is 9.95. The van der Waals surface area contributed by atoms with Gasteiger partial charge in [-0.2, -0.15) is 18.3 Å². The molecule has 1 fully saturated rings. The van der Waals surface area contributed by atoms with Crippen molar-refractivity contribution in [2.45, 2.75) is 70.5 Å². The Morgan fingerprint density at radius 3 is 2.74 bits per heavy atom. The number of nitrogens with one attached hydrogen (secondary N) is 2. The Hall–Kier alpha value is -1.66. The average molecular weight is 580 g/mol. The number of aromatic nitrogens is 2. The summed E-state index contributed by atoms with van der Waals surface area (Å²) in [4.78, 5) is 13.8. The van der Waals surface area contributed by atoms with Crippen molar-refractivity contribution in [2.75, 3.05) is 18.5 Å². The second-order valence-electron chi connectivity index (χ2n) is 8.41. The molecule has 0 spiro atoms. The minimum Gasteiger partial charge on any atom is -0.462 e. The Morgan fingerprint density at radius 1 is 1.32 bits per heavy atom. The first-order chi connectivity index (χ1) is 16.2. The van der Waals surface area contributed by atoms with E-state index in [1.807, 2.05) is 0 Å². The molecule has 0 atom stereocenters. The van der Waals surface area contributed by atoms with Crippen LogP contribution in [0.15, 0.2) is 4.47 Å². The summed E-state index contributed by atoms with van der Waals surface area (Å²) in [5.41, 5.74) is 1.38. The number of ether oxygens (including phenoxy) is 1. The number of nitrogens with zero attached hydrogens (tertiary/aromatic N) is 2. The lowest BCUT2D eigenvalue weighted by Crippen LogP contribution is -2.30. The van der Waals surface area contributed by atoms with Crippen LogP contribution in [0.2, 0.25) is 0 Å². The molecule has 1 saturated carbocycles. The summed E-state index contributed by atoms with van der Waals surface area (Å²) in [6.45, 7) is 2.88. The standard InChI is InChI=1S/C22H26BrF3N4O2S2/c1-2-32-20(31)15-13-6-3-4-7-14(13)34-19(15)28-21(33)27-10-5-11-30-17(12-8-9-12)16(23)18(29-30)22(24,25)26/h12H,2-11H2,1H3,(H2,27,28,33). The van der Waals surface area contributed by atoms with Crippen molar-refractivity contribution in [1.29, 1.82) is 0 Å². The van der Waals surface area contributed by atoms with Gasteiger partial charge in [-0.25, -0.2) is 4.79 Å². The normalized spacial score (nSPS) is 15.7. The minimum atomic E-state index is -4.49. The van der Waals surface area contributed by atoms with Gasteiger partial charge in [0.25, 0.3) is 0 Å². The number of alkyl halides is 3. The van der Waals surface area contributed by atoms with Crippen LogP contribution in [0.1, 0.15) is 77.1 Å². The van der Waals surface area contributed by atoms with E-state index in [9.17, 15) is 18.0 Å². The predicted octanol–water partition coefficient (Wildman–Crippen LogP) is 6.04. The summed E-state index contributed by atoms with van der Waals surface area (Å²) < 4.78 is 46.6. The third kappa shape index (κ3) is 5.59. The Morgan fingerprint density at radius 2 is 2.06 bits per heavy atom. The van der Waals surface area contributed by atoms with Crippen LogP contribution in [0.3, 0.4) is 0 Å². The zero-order valence-electron chi connectivity index (χ0n) is 18.7. The molecule has 34 heavy (non-hydrogen) atoms. The molecule has 0 amide bonds. The Bertz CT molecular complexity index is 1080. The molecular weight excluding hydrogens is 553 g/mol. The van der Waals surface area contributed by atoms with Gasteiger partial charge in [-0.05, 0) is 85.6 Å². The fraction of sp³-hybridized carbons (Fsp3) is 0.591. The SMILES string of the molecule is CCOC(=O)c1c(NC(=S)NCCCn2nc(C(F)(F)F)c(Br)c2C2CC2)sc2c1CCCC2. The van der Waals surface area contributed by atoms with Gasteiger partial charge in [0, 0.05) is 23.9 Å². The van der Waals surface area contributed by atoms with Crippen LogP contribution in [-0.2, 0) is 30.3 Å². The van der Waals surface area contributed by atoms with Crippen molar-refractivity contribution < 1.29 is 22.7 Å². The molecule has 0 bridgehead atoms. The zero-order valence-corrected chi connectivity index (χ0v) is 21.9. The molecule has 6 nitrogen and oxygen atoms in total. The number of thiophene rings is 1. The van der Waals surface area contributed by atoms with Crippen molar-refractivity contribution in [3.05, 3.63) is 31.9 Å². The molecule has 2 aliphatic rings. The van der Waals surface area contributed by atoms with Gasteiger partial charge in [0.2, 0.25) is 0 Å².